The van der Waals surface area contributed by atoms with Gasteiger partial charge in [-0.3, -0.25) is 4.57 Å². The van der Waals surface area contributed by atoms with E-state index in [-0.39, 0.29) is 18.8 Å². The van der Waals surface area contributed by atoms with Crippen molar-refractivity contribution in [3.63, 3.8) is 0 Å². The van der Waals surface area contributed by atoms with Gasteiger partial charge in [-0.2, -0.15) is 0 Å². The predicted octanol–water partition coefficient (Wildman–Crippen LogP) is 0.457. The highest BCUT2D eigenvalue weighted by Gasteiger charge is 2.55. The molecule has 0 amide bonds. The summed E-state index contributed by atoms with van der Waals surface area (Å²) in [5.41, 5.74) is 1.15. The van der Waals surface area contributed by atoms with Crippen molar-refractivity contribution in [2.24, 2.45) is 4.99 Å². The fraction of sp³-hybridized carbons (Fsp3) is 0.625. The van der Waals surface area contributed by atoms with Gasteiger partial charge in [-0.1, -0.05) is 0 Å². The molecule has 2 saturated heterocycles. The average molecular weight is 362 g/mol. The first-order valence-corrected chi connectivity index (χ1v) is 8.40. The van der Waals surface area contributed by atoms with Crippen molar-refractivity contribution >= 4 is 23.3 Å². The van der Waals surface area contributed by atoms with Crippen LogP contribution in [0, 0.1) is 0 Å². The summed E-state index contributed by atoms with van der Waals surface area (Å²) in [6.45, 7) is 3.54. The minimum atomic E-state index is -0.739. The molecule has 2 fully saturated rings. The molecule has 1 N–H and O–H groups in total. The molecule has 4 heterocycles. The summed E-state index contributed by atoms with van der Waals surface area (Å²) in [4.78, 5) is 19.1. The van der Waals surface area contributed by atoms with Crippen LogP contribution in [0.25, 0.3) is 11.2 Å². The molecule has 26 heavy (non-hydrogen) atoms. The zero-order valence-corrected chi connectivity index (χ0v) is 15.1. The van der Waals surface area contributed by atoms with E-state index in [1.54, 1.807) is 17.2 Å². The summed E-state index contributed by atoms with van der Waals surface area (Å²) in [5.74, 6) is -0.267. The van der Waals surface area contributed by atoms with Gasteiger partial charge >= 0.3 is 0 Å². The highest BCUT2D eigenvalue weighted by atomic mass is 16.8. The predicted molar refractivity (Wildman–Crippen MR) is 92.0 cm³/mol. The highest BCUT2D eigenvalue weighted by molar-refractivity contribution is 5.82. The van der Waals surface area contributed by atoms with Gasteiger partial charge < -0.3 is 24.2 Å². The monoisotopic (exact) mass is 362 g/mol. The van der Waals surface area contributed by atoms with Gasteiger partial charge in [-0.25, -0.2) is 19.9 Å². The van der Waals surface area contributed by atoms with Crippen molar-refractivity contribution in [1.82, 2.24) is 24.4 Å². The smallest absolute Gasteiger partial charge is 0.184 e. The number of hydrogen-bond donors (Lipinski definition) is 1. The van der Waals surface area contributed by atoms with Gasteiger partial charge in [0.1, 0.15) is 24.6 Å². The van der Waals surface area contributed by atoms with Gasteiger partial charge in [0.2, 0.25) is 0 Å². The molecule has 0 saturated carbocycles. The van der Waals surface area contributed by atoms with E-state index >= 15 is 0 Å². The van der Waals surface area contributed by atoms with Gasteiger partial charge in [0, 0.05) is 14.1 Å². The van der Waals surface area contributed by atoms with E-state index in [0.717, 1.165) is 0 Å². The standard InChI is InChI=1S/C16H22N6O4/c1-16(2)25-11-9(5-23)24-15(12(11)26-16)22-8-19-10-13(20-7-21(3)4)17-6-18-14(10)22/h6-9,11-12,15,23H,5H2,1-4H3/t9-,11?,12+,15-/m1/s1. The number of fused-ring (bicyclic) bond motifs is 2. The lowest BCUT2D eigenvalue weighted by Crippen LogP contribution is -2.31. The number of aliphatic imine (C=N–C) groups is 1. The van der Waals surface area contributed by atoms with Gasteiger partial charge in [-0.05, 0) is 13.8 Å². The molecule has 2 aliphatic rings. The lowest BCUT2D eigenvalue weighted by molar-refractivity contribution is -0.199. The first-order valence-electron chi connectivity index (χ1n) is 8.40. The third-order valence-corrected chi connectivity index (χ3v) is 4.33. The molecular weight excluding hydrogens is 340 g/mol. The van der Waals surface area contributed by atoms with Crippen LogP contribution in [0.4, 0.5) is 5.82 Å². The molecule has 0 aromatic carbocycles. The molecule has 2 aliphatic heterocycles. The number of aliphatic hydroxyl groups excluding tert-OH is 1. The SMILES string of the molecule is CN(C)C=Nc1ncnc2c1ncn2[C@@H]1O[C@H](CO)C2OC(C)(C)O[C@@H]21. The zero-order valence-electron chi connectivity index (χ0n) is 15.1. The maximum Gasteiger partial charge on any atom is 0.184 e. The highest BCUT2D eigenvalue weighted by Crippen LogP contribution is 2.43. The van der Waals surface area contributed by atoms with E-state index in [9.17, 15) is 5.11 Å². The molecule has 4 atom stereocenters. The van der Waals surface area contributed by atoms with E-state index in [1.807, 2.05) is 32.8 Å². The van der Waals surface area contributed by atoms with E-state index in [0.29, 0.717) is 17.0 Å². The van der Waals surface area contributed by atoms with Crippen LogP contribution in [0.2, 0.25) is 0 Å². The number of aliphatic hydroxyl groups is 1. The van der Waals surface area contributed by atoms with Crippen LogP contribution in [0.3, 0.4) is 0 Å². The summed E-state index contributed by atoms with van der Waals surface area (Å²) in [6, 6.07) is 0. The summed E-state index contributed by atoms with van der Waals surface area (Å²) in [7, 11) is 3.75. The van der Waals surface area contributed by atoms with Crippen LogP contribution in [0.5, 0.6) is 0 Å². The number of hydrogen-bond acceptors (Lipinski definition) is 8. The Hall–Kier alpha value is -2.14. The molecule has 2 aromatic heterocycles. The number of rotatable bonds is 4. The minimum Gasteiger partial charge on any atom is -0.394 e. The molecule has 4 rings (SSSR count). The van der Waals surface area contributed by atoms with E-state index in [1.165, 1.54) is 6.33 Å². The van der Waals surface area contributed by atoms with Gasteiger partial charge in [0.05, 0.1) is 19.3 Å². The average Bonchev–Trinajstić information content (AvgIpc) is 3.23. The molecule has 0 spiro atoms. The Balaban J connectivity index is 1.72. The molecule has 1 unspecified atom stereocenters. The number of nitrogens with zero attached hydrogens (tertiary/aromatic N) is 6. The number of imidazole rings is 1. The maximum absolute atomic E-state index is 9.64. The Morgan fingerprint density at radius 3 is 2.77 bits per heavy atom. The van der Waals surface area contributed by atoms with Gasteiger partial charge in [-0.15, -0.1) is 0 Å². The van der Waals surface area contributed by atoms with Gasteiger partial charge in [0.25, 0.3) is 0 Å². The second-order valence-electron chi connectivity index (χ2n) is 7.04. The van der Waals surface area contributed by atoms with Crippen molar-refractivity contribution < 1.29 is 19.3 Å². The minimum absolute atomic E-state index is 0.156. The molecule has 140 valence electrons. The molecule has 0 bridgehead atoms. The van der Waals surface area contributed by atoms with E-state index < -0.39 is 18.1 Å². The first kappa shape index (κ1) is 17.3. The summed E-state index contributed by atoms with van der Waals surface area (Å²) in [5, 5.41) is 9.64. The Kier molecular flexibility index (Phi) is 4.14. The van der Waals surface area contributed by atoms with Crippen LogP contribution in [-0.2, 0) is 14.2 Å². The molecule has 10 nitrogen and oxygen atoms in total. The van der Waals surface area contributed by atoms with Crippen LogP contribution < -0.4 is 0 Å². The van der Waals surface area contributed by atoms with Crippen LogP contribution in [0.1, 0.15) is 20.1 Å². The second kappa shape index (κ2) is 6.23. The number of aromatic nitrogens is 4. The summed E-state index contributed by atoms with van der Waals surface area (Å²) >= 11 is 0. The Labute approximate surface area is 150 Å². The summed E-state index contributed by atoms with van der Waals surface area (Å²) < 4.78 is 19.7. The fourth-order valence-electron chi connectivity index (χ4n) is 3.32. The van der Waals surface area contributed by atoms with Crippen molar-refractivity contribution in [2.75, 3.05) is 20.7 Å². The van der Waals surface area contributed by atoms with E-state index in [4.69, 9.17) is 14.2 Å². The van der Waals surface area contributed by atoms with Crippen molar-refractivity contribution in [2.45, 2.75) is 44.2 Å². The topological polar surface area (TPSA) is 107 Å². The summed E-state index contributed by atoms with van der Waals surface area (Å²) in [6.07, 6.45) is 3.01. The number of ether oxygens (including phenoxy) is 3. The molecule has 2 aromatic rings. The van der Waals surface area contributed by atoms with Crippen molar-refractivity contribution in [3.8, 4) is 0 Å². The third kappa shape index (κ3) is 2.84. The zero-order chi connectivity index (χ0) is 18.5. The Bertz CT molecular complexity index is 835. The van der Waals surface area contributed by atoms with Crippen molar-refractivity contribution in [3.05, 3.63) is 12.7 Å². The van der Waals surface area contributed by atoms with Crippen LogP contribution in [0.15, 0.2) is 17.6 Å². The molecule has 0 radical (unpaired) electrons. The quantitative estimate of drug-likeness (QED) is 0.617. The molecular formula is C16H22N6O4. The first-order chi connectivity index (χ1) is 12.4. The van der Waals surface area contributed by atoms with Gasteiger partial charge in [0.15, 0.2) is 29.0 Å². The lowest BCUT2D eigenvalue weighted by atomic mass is 10.1. The maximum atomic E-state index is 9.64. The molecule has 0 aliphatic carbocycles. The fourth-order valence-corrected chi connectivity index (χ4v) is 3.32. The van der Waals surface area contributed by atoms with E-state index in [2.05, 4.69) is 19.9 Å². The Morgan fingerprint density at radius 2 is 2.04 bits per heavy atom. The largest absolute Gasteiger partial charge is 0.394 e. The second-order valence-corrected chi connectivity index (χ2v) is 7.04. The van der Waals surface area contributed by atoms with Crippen LogP contribution >= 0.6 is 0 Å². The lowest BCUT2D eigenvalue weighted by Gasteiger charge is -2.24. The van der Waals surface area contributed by atoms with Crippen molar-refractivity contribution in [1.29, 1.82) is 0 Å². The molecule has 10 heteroatoms. The van der Waals surface area contributed by atoms with Crippen LogP contribution in [-0.4, -0.2) is 80.7 Å². The third-order valence-electron chi connectivity index (χ3n) is 4.33. The Morgan fingerprint density at radius 1 is 1.27 bits per heavy atom. The normalized spacial score (nSPS) is 30.3.